The predicted molar refractivity (Wildman–Crippen MR) is 73.8 cm³/mol. The molecule has 2 aliphatic rings. The average molecular weight is 270 g/mol. The van der Waals surface area contributed by atoms with Gasteiger partial charge in [-0.05, 0) is 19.4 Å². The lowest BCUT2D eigenvalue weighted by atomic mass is 9.88. The van der Waals surface area contributed by atoms with Crippen molar-refractivity contribution >= 4 is 6.09 Å². The minimum absolute atomic E-state index is 0.0688. The van der Waals surface area contributed by atoms with Crippen LogP contribution in [-0.4, -0.2) is 66.8 Å². The van der Waals surface area contributed by atoms with Crippen LogP contribution in [-0.2, 0) is 4.74 Å². The number of nitrogens with two attached hydrogens (primary N) is 2. The first-order valence-electron chi connectivity index (χ1n) is 7.28. The Morgan fingerprint density at radius 2 is 1.95 bits per heavy atom. The number of hydrogen-bond acceptors (Lipinski definition) is 5. The number of carbonyl (C=O) groups excluding carboxylic acids is 1. The zero-order valence-corrected chi connectivity index (χ0v) is 11.8. The number of ether oxygens (including phenoxy) is 1. The zero-order valence-electron chi connectivity index (χ0n) is 11.8. The molecule has 0 bridgehead atoms. The van der Waals surface area contributed by atoms with E-state index in [2.05, 4.69) is 16.7 Å². The summed E-state index contributed by atoms with van der Waals surface area (Å²) in [6.45, 7) is 7.76. The molecule has 19 heavy (non-hydrogen) atoms. The molecule has 1 saturated carbocycles. The summed E-state index contributed by atoms with van der Waals surface area (Å²) in [7, 11) is 0. The molecule has 0 aromatic carbocycles. The number of rotatable bonds is 3. The minimum atomic E-state index is -0.711. The van der Waals surface area contributed by atoms with Gasteiger partial charge in [0.1, 0.15) is 6.10 Å². The largest absolute Gasteiger partial charge is 0.445 e. The van der Waals surface area contributed by atoms with Crippen molar-refractivity contribution < 1.29 is 9.53 Å². The lowest BCUT2D eigenvalue weighted by Gasteiger charge is -2.43. The third-order valence-electron chi connectivity index (χ3n) is 4.45. The summed E-state index contributed by atoms with van der Waals surface area (Å²) in [4.78, 5) is 15.9. The molecule has 0 radical (unpaired) electrons. The Morgan fingerprint density at radius 3 is 2.53 bits per heavy atom. The number of hydrogen-bond donors (Lipinski definition) is 2. The molecule has 2 fully saturated rings. The van der Waals surface area contributed by atoms with Crippen molar-refractivity contribution in [3.05, 3.63) is 0 Å². The maximum atomic E-state index is 10.9. The van der Waals surface area contributed by atoms with Crippen LogP contribution in [0.5, 0.6) is 0 Å². The Labute approximate surface area is 115 Å². The van der Waals surface area contributed by atoms with Crippen molar-refractivity contribution in [1.29, 1.82) is 0 Å². The summed E-state index contributed by atoms with van der Waals surface area (Å²) in [5.41, 5.74) is 11.1. The maximum absolute atomic E-state index is 10.9. The van der Waals surface area contributed by atoms with E-state index in [9.17, 15) is 4.79 Å². The third-order valence-corrected chi connectivity index (χ3v) is 4.45. The topological polar surface area (TPSA) is 84.8 Å². The first kappa shape index (κ1) is 14.6. The van der Waals surface area contributed by atoms with Crippen molar-refractivity contribution in [3.8, 4) is 0 Å². The summed E-state index contributed by atoms with van der Waals surface area (Å²) in [5.74, 6) is 0. The Kier molecular flexibility index (Phi) is 5.01. The molecule has 6 heteroatoms. The second kappa shape index (κ2) is 6.54. The van der Waals surface area contributed by atoms with Gasteiger partial charge in [0.2, 0.25) is 0 Å². The third kappa shape index (κ3) is 3.81. The van der Waals surface area contributed by atoms with Gasteiger partial charge in [-0.1, -0.05) is 6.92 Å². The van der Waals surface area contributed by atoms with Gasteiger partial charge >= 0.3 is 6.09 Å². The lowest BCUT2D eigenvalue weighted by molar-refractivity contribution is 0.0151. The first-order chi connectivity index (χ1) is 9.10. The van der Waals surface area contributed by atoms with Gasteiger partial charge in [-0.2, -0.15) is 0 Å². The van der Waals surface area contributed by atoms with Crippen molar-refractivity contribution in [1.82, 2.24) is 9.80 Å². The van der Waals surface area contributed by atoms with E-state index in [-0.39, 0.29) is 12.1 Å². The van der Waals surface area contributed by atoms with Crippen LogP contribution in [0.1, 0.15) is 26.2 Å². The SMILES string of the molecule is CCN1CCN(C2CCC(N)C(OC(N)=O)C2)CC1. The van der Waals surface area contributed by atoms with Gasteiger partial charge in [0.05, 0.1) is 0 Å². The molecule has 1 aliphatic heterocycles. The fourth-order valence-corrected chi connectivity index (χ4v) is 3.19. The van der Waals surface area contributed by atoms with Gasteiger partial charge in [-0.15, -0.1) is 0 Å². The van der Waals surface area contributed by atoms with Gasteiger partial charge < -0.3 is 21.1 Å². The number of likely N-dealkylation sites (N-methyl/N-ethyl adjacent to an activating group) is 1. The highest BCUT2D eigenvalue weighted by atomic mass is 16.6. The number of piperazine rings is 1. The summed E-state index contributed by atoms with van der Waals surface area (Å²) in [6.07, 6.45) is 1.87. The monoisotopic (exact) mass is 270 g/mol. The van der Waals surface area contributed by atoms with E-state index in [1.807, 2.05) is 0 Å². The molecule has 4 N–H and O–H groups in total. The highest BCUT2D eigenvalue weighted by Gasteiger charge is 2.34. The first-order valence-corrected chi connectivity index (χ1v) is 7.28. The molecule has 110 valence electrons. The molecule has 6 nitrogen and oxygen atoms in total. The van der Waals surface area contributed by atoms with Crippen LogP contribution in [0.25, 0.3) is 0 Å². The number of amides is 1. The lowest BCUT2D eigenvalue weighted by Crippen LogP contribution is -2.55. The molecular formula is C13H26N4O2. The molecule has 2 rings (SSSR count). The molecule has 1 heterocycles. The van der Waals surface area contributed by atoms with Gasteiger partial charge in [-0.25, -0.2) is 4.79 Å². The summed E-state index contributed by atoms with van der Waals surface area (Å²) in [6, 6.07) is 0.406. The highest BCUT2D eigenvalue weighted by Crippen LogP contribution is 2.25. The second-order valence-electron chi connectivity index (χ2n) is 5.58. The number of carbonyl (C=O) groups is 1. The van der Waals surface area contributed by atoms with E-state index >= 15 is 0 Å². The highest BCUT2D eigenvalue weighted by molar-refractivity contribution is 5.64. The molecule has 1 aliphatic carbocycles. The number of nitrogens with zero attached hydrogens (tertiary/aromatic N) is 2. The van der Waals surface area contributed by atoms with Gasteiger partial charge in [0, 0.05) is 44.7 Å². The van der Waals surface area contributed by atoms with Crippen molar-refractivity contribution in [3.63, 3.8) is 0 Å². The van der Waals surface area contributed by atoms with Crippen molar-refractivity contribution in [2.24, 2.45) is 11.5 Å². The normalized spacial score (nSPS) is 34.1. The second-order valence-corrected chi connectivity index (χ2v) is 5.58. The van der Waals surface area contributed by atoms with Crippen LogP contribution in [0.2, 0.25) is 0 Å². The smallest absolute Gasteiger partial charge is 0.404 e. The maximum Gasteiger partial charge on any atom is 0.404 e. The molecule has 1 amide bonds. The Balaban J connectivity index is 1.86. The molecule has 0 spiro atoms. The van der Waals surface area contributed by atoms with Gasteiger partial charge in [-0.3, -0.25) is 4.90 Å². The van der Waals surface area contributed by atoms with E-state index < -0.39 is 6.09 Å². The fraction of sp³-hybridized carbons (Fsp3) is 0.923. The Morgan fingerprint density at radius 1 is 1.26 bits per heavy atom. The molecule has 3 unspecified atom stereocenters. The van der Waals surface area contributed by atoms with Crippen LogP contribution >= 0.6 is 0 Å². The van der Waals surface area contributed by atoms with Crippen LogP contribution in [0, 0.1) is 0 Å². The number of primary amides is 1. The Bertz CT molecular complexity index is 305. The molecule has 3 atom stereocenters. The molecule has 0 aromatic heterocycles. The van der Waals surface area contributed by atoms with E-state index in [0.717, 1.165) is 52.0 Å². The van der Waals surface area contributed by atoms with Crippen molar-refractivity contribution in [2.75, 3.05) is 32.7 Å². The molecule has 0 aromatic rings. The minimum Gasteiger partial charge on any atom is -0.445 e. The van der Waals surface area contributed by atoms with Crippen LogP contribution in [0.3, 0.4) is 0 Å². The van der Waals surface area contributed by atoms with Crippen molar-refractivity contribution in [2.45, 2.75) is 44.4 Å². The van der Waals surface area contributed by atoms with E-state index in [1.165, 1.54) is 0 Å². The van der Waals surface area contributed by atoms with Gasteiger partial charge in [0.15, 0.2) is 0 Å². The molecular weight excluding hydrogens is 244 g/mol. The zero-order chi connectivity index (χ0) is 13.8. The quantitative estimate of drug-likeness (QED) is 0.752. The Hall–Kier alpha value is -0.850. The van der Waals surface area contributed by atoms with E-state index in [0.29, 0.717) is 6.04 Å². The van der Waals surface area contributed by atoms with Crippen LogP contribution < -0.4 is 11.5 Å². The van der Waals surface area contributed by atoms with E-state index in [1.54, 1.807) is 0 Å². The van der Waals surface area contributed by atoms with Crippen LogP contribution in [0.4, 0.5) is 4.79 Å². The fourth-order valence-electron chi connectivity index (χ4n) is 3.19. The summed E-state index contributed by atoms with van der Waals surface area (Å²) >= 11 is 0. The summed E-state index contributed by atoms with van der Waals surface area (Å²) < 4.78 is 5.14. The predicted octanol–water partition coefficient (Wildman–Crippen LogP) is -0.0324. The average Bonchev–Trinajstić information content (AvgIpc) is 2.41. The molecule has 1 saturated heterocycles. The van der Waals surface area contributed by atoms with Crippen LogP contribution in [0.15, 0.2) is 0 Å². The van der Waals surface area contributed by atoms with E-state index in [4.69, 9.17) is 16.2 Å². The van der Waals surface area contributed by atoms with Gasteiger partial charge in [0.25, 0.3) is 0 Å². The summed E-state index contributed by atoms with van der Waals surface area (Å²) in [5, 5.41) is 0. The standard InChI is InChI=1S/C13H26N4O2/c1-2-16-5-7-17(8-6-16)10-3-4-11(14)12(9-10)19-13(15)18/h10-12H,2-9,14H2,1H3,(H2,15,18).